The quantitative estimate of drug-likeness (QED) is 0.632. The second-order valence-corrected chi connectivity index (χ2v) is 12.7. The number of morpholine rings is 1. The molecule has 182 valence electrons. The number of ether oxygens (including phenoxy) is 1. The van der Waals surface area contributed by atoms with Crippen molar-refractivity contribution in [2.24, 2.45) is 46.2 Å². The number of nitrogens with two attached hydrogens (primary N) is 1. The average molecular weight is 445 g/mol. The third-order valence-electron chi connectivity index (χ3n) is 11.9. The molecule has 4 aliphatic carbocycles. The Bertz CT molecular complexity index is 706. The van der Waals surface area contributed by atoms with Crippen molar-refractivity contribution < 1.29 is 9.53 Å². The number of nitrogens with zero attached hydrogens (tertiary/aromatic N) is 1. The molecule has 5 aliphatic rings. The number of hydrogen-bond acceptors (Lipinski definition) is 3. The van der Waals surface area contributed by atoms with E-state index in [9.17, 15) is 4.79 Å². The minimum Gasteiger partial charge on any atom is -0.378 e. The Kier molecular flexibility index (Phi) is 6.19. The second-order valence-electron chi connectivity index (χ2n) is 12.7. The smallest absolute Gasteiger partial charge is 0.222 e. The van der Waals surface area contributed by atoms with E-state index >= 15 is 0 Å². The number of hydrogen-bond donors (Lipinski definition) is 1. The zero-order valence-electron chi connectivity index (χ0n) is 21.0. The largest absolute Gasteiger partial charge is 0.378 e. The fraction of sp³-hybridized carbons (Fsp3) is 0.964. The molecule has 5 rings (SSSR count). The van der Waals surface area contributed by atoms with E-state index < -0.39 is 0 Å². The van der Waals surface area contributed by atoms with Crippen LogP contribution in [0.1, 0.15) is 97.8 Å². The van der Waals surface area contributed by atoms with Gasteiger partial charge in [0, 0.05) is 25.0 Å². The molecule has 6 unspecified atom stereocenters. The maximum Gasteiger partial charge on any atom is 0.222 e. The summed E-state index contributed by atoms with van der Waals surface area (Å²) < 4.78 is 5.43. The molecule has 8 atom stereocenters. The average Bonchev–Trinajstić information content (AvgIpc) is 3.14. The third-order valence-corrected chi connectivity index (χ3v) is 11.9. The molecule has 0 aromatic rings. The van der Waals surface area contributed by atoms with Crippen molar-refractivity contribution >= 4 is 5.91 Å². The minimum absolute atomic E-state index is 0.0670. The van der Waals surface area contributed by atoms with Crippen LogP contribution in [0.25, 0.3) is 0 Å². The summed E-state index contributed by atoms with van der Waals surface area (Å²) in [6.45, 7) is 10.6. The molecule has 32 heavy (non-hydrogen) atoms. The first-order chi connectivity index (χ1) is 15.3. The van der Waals surface area contributed by atoms with Gasteiger partial charge in [0.2, 0.25) is 5.91 Å². The summed E-state index contributed by atoms with van der Waals surface area (Å²) in [7, 11) is 0. The normalized spacial score (nSPS) is 48.6. The summed E-state index contributed by atoms with van der Waals surface area (Å²) in [5.41, 5.74) is 8.19. The second kappa shape index (κ2) is 8.56. The summed E-state index contributed by atoms with van der Waals surface area (Å²) in [4.78, 5) is 14.9. The van der Waals surface area contributed by atoms with Gasteiger partial charge in [-0.2, -0.15) is 0 Å². The molecule has 0 aromatic heterocycles. The summed E-state index contributed by atoms with van der Waals surface area (Å²) in [5.74, 6) is 4.31. The standard InChI is InChI=1S/C28H48N2O2/c1-4-20-19-22-23-9-7-21(8-10-25(31)30-15-17-32-18-16-30)26(23,2)14-11-24(22)27(3)12-5-6-13-28(20,27)29/h20-24H,4-19,29H2,1-3H3/t20-,21?,22?,23?,24-,26?,27?,28?/m0/s1. The van der Waals surface area contributed by atoms with Gasteiger partial charge in [-0.15, -0.1) is 0 Å². The van der Waals surface area contributed by atoms with Crippen LogP contribution in [0.15, 0.2) is 0 Å². The summed E-state index contributed by atoms with van der Waals surface area (Å²) in [6.07, 6.45) is 15.2. The molecular formula is C28H48N2O2. The van der Waals surface area contributed by atoms with Gasteiger partial charge in [0.15, 0.2) is 0 Å². The lowest BCUT2D eigenvalue weighted by Gasteiger charge is -2.67. The van der Waals surface area contributed by atoms with Crippen molar-refractivity contribution in [1.29, 1.82) is 0 Å². The van der Waals surface area contributed by atoms with Gasteiger partial charge in [-0.25, -0.2) is 0 Å². The Morgan fingerprint density at radius 3 is 2.50 bits per heavy atom. The molecule has 0 bridgehead atoms. The molecule has 4 nitrogen and oxygen atoms in total. The molecule has 1 aliphatic heterocycles. The Hall–Kier alpha value is -0.610. The summed E-state index contributed by atoms with van der Waals surface area (Å²) in [6, 6.07) is 0. The number of carbonyl (C=O) groups is 1. The fourth-order valence-corrected chi connectivity index (χ4v) is 9.96. The van der Waals surface area contributed by atoms with Crippen molar-refractivity contribution in [2.75, 3.05) is 26.3 Å². The van der Waals surface area contributed by atoms with E-state index in [4.69, 9.17) is 10.5 Å². The molecular weight excluding hydrogens is 396 g/mol. The van der Waals surface area contributed by atoms with Crippen LogP contribution in [0.4, 0.5) is 0 Å². The van der Waals surface area contributed by atoms with Crippen LogP contribution >= 0.6 is 0 Å². The van der Waals surface area contributed by atoms with E-state index in [0.29, 0.717) is 35.9 Å². The number of carbonyl (C=O) groups excluding carboxylic acids is 1. The first-order valence-corrected chi connectivity index (χ1v) is 14.0. The zero-order chi connectivity index (χ0) is 22.6. The van der Waals surface area contributed by atoms with E-state index in [1.807, 2.05) is 4.90 Å². The van der Waals surface area contributed by atoms with Crippen molar-refractivity contribution in [3.63, 3.8) is 0 Å². The first-order valence-electron chi connectivity index (χ1n) is 14.0. The number of rotatable bonds is 4. The predicted molar refractivity (Wildman–Crippen MR) is 129 cm³/mol. The molecule has 1 saturated heterocycles. The van der Waals surface area contributed by atoms with E-state index in [0.717, 1.165) is 49.6 Å². The lowest BCUT2D eigenvalue weighted by Crippen LogP contribution is -2.69. The Labute approximate surface area is 196 Å². The maximum atomic E-state index is 12.8. The lowest BCUT2D eigenvalue weighted by molar-refractivity contribution is -0.149. The Morgan fingerprint density at radius 1 is 1.00 bits per heavy atom. The highest BCUT2D eigenvalue weighted by Gasteiger charge is 2.65. The van der Waals surface area contributed by atoms with Crippen LogP contribution in [0.5, 0.6) is 0 Å². The van der Waals surface area contributed by atoms with Gasteiger partial charge < -0.3 is 15.4 Å². The molecule has 0 radical (unpaired) electrons. The maximum absolute atomic E-state index is 12.8. The molecule has 5 fully saturated rings. The van der Waals surface area contributed by atoms with Gasteiger partial charge in [0.1, 0.15) is 0 Å². The molecule has 2 N–H and O–H groups in total. The SMILES string of the molecule is CC[C@H]1CC2C3CCC(CCC(=O)N4CCOCC4)C3(C)CC[C@@H]2C2(C)CCCCC12N. The fourth-order valence-electron chi connectivity index (χ4n) is 9.96. The van der Waals surface area contributed by atoms with E-state index in [2.05, 4.69) is 20.8 Å². The molecule has 4 saturated carbocycles. The predicted octanol–water partition coefficient (Wildman–Crippen LogP) is 5.39. The third kappa shape index (κ3) is 3.41. The van der Waals surface area contributed by atoms with Gasteiger partial charge in [-0.05, 0) is 91.8 Å². The molecule has 1 amide bonds. The number of amides is 1. The monoisotopic (exact) mass is 444 g/mol. The van der Waals surface area contributed by atoms with Gasteiger partial charge in [-0.1, -0.05) is 40.0 Å². The number of fused-ring (bicyclic) bond motifs is 5. The van der Waals surface area contributed by atoms with Crippen molar-refractivity contribution in [3.05, 3.63) is 0 Å². The van der Waals surface area contributed by atoms with Gasteiger partial charge in [0.05, 0.1) is 13.2 Å². The van der Waals surface area contributed by atoms with Crippen molar-refractivity contribution in [2.45, 2.75) is 103 Å². The van der Waals surface area contributed by atoms with Crippen LogP contribution < -0.4 is 5.73 Å². The zero-order valence-corrected chi connectivity index (χ0v) is 21.0. The lowest BCUT2D eigenvalue weighted by atomic mass is 9.40. The van der Waals surface area contributed by atoms with Gasteiger partial charge in [-0.3, -0.25) is 4.79 Å². The molecule has 1 heterocycles. The van der Waals surface area contributed by atoms with E-state index in [1.165, 1.54) is 64.2 Å². The molecule has 4 heteroatoms. The van der Waals surface area contributed by atoms with E-state index in [1.54, 1.807) is 0 Å². The van der Waals surface area contributed by atoms with Crippen LogP contribution in [0, 0.1) is 40.4 Å². The first kappa shape index (κ1) is 23.1. The highest BCUT2D eigenvalue weighted by Crippen LogP contribution is 2.69. The van der Waals surface area contributed by atoms with Gasteiger partial charge >= 0.3 is 0 Å². The van der Waals surface area contributed by atoms with Crippen LogP contribution in [0.2, 0.25) is 0 Å². The molecule has 0 aromatic carbocycles. The Morgan fingerprint density at radius 2 is 1.75 bits per heavy atom. The van der Waals surface area contributed by atoms with Crippen molar-refractivity contribution in [3.8, 4) is 0 Å². The Balaban J connectivity index is 1.31. The van der Waals surface area contributed by atoms with Crippen LogP contribution in [0.3, 0.4) is 0 Å². The topological polar surface area (TPSA) is 55.6 Å². The van der Waals surface area contributed by atoms with Gasteiger partial charge in [0.25, 0.3) is 0 Å². The van der Waals surface area contributed by atoms with Crippen LogP contribution in [-0.4, -0.2) is 42.6 Å². The summed E-state index contributed by atoms with van der Waals surface area (Å²) in [5, 5.41) is 0. The highest BCUT2D eigenvalue weighted by atomic mass is 16.5. The summed E-state index contributed by atoms with van der Waals surface area (Å²) >= 11 is 0. The van der Waals surface area contributed by atoms with Crippen LogP contribution in [-0.2, 0) is 9.53 Å². The minimum atomic E-state index is 0.0670. The molecule has 0 spiro atoms. The van der Waals surface area contributed by atoms with Crippen molar-refractivity contribution in [1.82, 2.24) is 4.90 Å². The van der Waals surface area contributed by atoms with E-state index in [-0.39, 0.29) is 5.54 Å². The highest BCUT2D eigenvalue weighted by molar-refractivity contribution is 5.76.